The van der Waals surface area contributed by atoms with E-state index in [1.807, 2.05) is 12.1 Å². The predicted molar refractivity (Wildman–Crippen MR) is 81.7 cm³/mol. The molecule has 0 unspecified atom stereocenters. The molecule has 2 rings (SSSR count). The van der Waals surface area contributed by atoms with Crippen LogP contribution in [-0.4, -0.2) is 0 Å². The van der Waals surface area contributed by atoms with E-state index >= 15 is 0 Å². The average molecular weight is 323 g/mol. The van der Waals surface area contributed by atoms with Gasteiger partial charge in [-0.25, -0.2) is 4.39 Å². The molecule has 0 amide bonds. The summed E-state index contributed by atoms with van der Waals surface area (Å²) in [7, 11) is 0. The summed E-state index contributed by atoms with van der Waals surface area (Å²) < 4.78 is 13.7. The van der Waals surface area contributed by atoms with Crippen LogP contribution in [0.2, 0.25) is 0 Å². The third-order valence-electron chi connectivity index (χ3n) is 3.06. The Balaban J connectivity index is 2.17. The smallest absolute Gasteiger partial charge is 0.139 e. The molecule has 0 aliphatic heterocycles. The molecule has 19 heavy (non-hydrogen) atoms. The Labute approximate surface area is 121 Å². The van der Waals surface area contributed by atoms with Crippen LogP contribution in [0.15, 0.2) is 40.9 Å². The van der Waals surface area contributed by atoms with Gasteiger partial charge in [-0.1, -0.05) is 31.2 Å². The lowest BCUT2D eigenvalue weighted by molar-refractivity contribution is 0.622. The quantitative estimate of drug-likeness (QED) is 0.821. The molecule has 0 aromatic heterocycles. The SMILES string of the molecule is CCc1ccccc1CNc1cc(Br)c(F)cc1N. The zero-order valence-corrected chi connectivity index (χ0v) is 12.3. The fraction of sp³-hybridized carbons (Fsp3) is 0.200. The molecule has 2 aromatic rings. The Morgan fingerprint density at radius 2 is 1.89 bits per heavy atom. The molecule has 0 spiro atoms. The van der Waals surface area contributed by atoms with E-state index in [2.05, 4.69) is 40.3 Å². The fourth-order valence-electron chi connectivity index (χ4n) is 1.98. The van der Waals surface area contributed by atoms with E-state index in [-0.39, 0.29) is 5.82 Å². The summed E-state index contributed by atoms with van der Waals surface area (Å²) in [5.74, 6) is -0.350. The van der Waals surface area contributed by atoms with Crippen molar-refractivity contribution < 1.29 is 4.39 Å². The van der Waals surface area contributed by atoms with Gasteiger partial charge in [-0.05, 0) is 39.5 Å². The standard InChI is InChI=1S/C15H16BrFN2/c1-2-10-5-3-4-6-11(10)9-19-15-7-12(16)13(17)8-14(15)18/h3-8,19H,2,9,18H2,1H3. The molecule has 0 heterocycles. The van der Waals surface area contributed by atoms with E-state index in [9.17, 15) is 4.39 Å². The minimum absolute atomic E-state index is 0.350. The fourth-order valence-corrected chi connectivity index (χ4v) is 2.32. The molecule has 0 radical (unpaired) electrons. The minimum Gasteiger partial charge on any atom is -0.397 e. The lowest BCUT2D eigenvalue weighted by atomic mass is 10.1. The molecule has 0 bridgehead atoms. The molecular weight excluding hydrogens is 307 g/mol. The van der Waals surface area contributed by atoms with Crippen LogP contribution in [0.4, 0.5) is 15.8 Å². The number of rotatable bonds is 4. The van der Waals surface area contributed by atoms with Crippen LogP contribution < -0.4 is 11.1 Å². The van der Waals surface area contributed by atoms with Gasteiger partial charge < -0.3 is 11.1 Å². The second kappa shape index (κ2) is 6.06. The van der Waals surface area contributed by atoms with Gasteiger partial charge in [-0.15, -0.1) is 0 Å². The van der Waals surface area contributed by atoms with Crippen LogP contribution in [-0.2, 0) is 13.0 Å². The number of nitrogens with two attached hydrogens (primary N) is 1. The van der Waals surface area contributed by atoms with Crippen LogP contribution in [0.1, 0.15) is 18.1 Å². The van der Waals surface area contributed by atoms with Crippen LogP contribution in [0.3, 0.4) is 0 Å². The van der Waals surface area contributed by atoms with Crippen LogP contribution in [0.5, 0.6) is 0 Å². The molecule has 0 fully saturated rings. The highest BCUT2D eigenvalue weighted by Gasteiger charge is 2.06. The van der Waals surface area contributed by atoms with Gasteiger partial charge in [0.15, 0.2) is 0 Å². The number of benzene rings is 2. The summed E-state index contributed by atoms with van der Waals surface area (Å²) in [5, 5.41) is 3.25. The molecule has 3 N–H and O–H groups in total. The highest BCUT2D eigenvalue weighted by Crippen LogP contribution is 2.27. The van der Waals surface area contributed by atoms with Crippen molar-refractivity contribution in [3.8, 4) is 0 Å². The number of nitrogens with one attached hydrogen (secondary N) is 1. The maximum atomic E-state index is 13.3. The Bertz CT molecular complexity index is 584. The molecule has 2 nitrogen and oxygen atoms in total. The van der Waals surface area contributed by atoms with Crippen molar-refractivity contribution in [1.82, 2.24) is 0 Å². The number of halogens is 2. The van der Waals surface area contributed by atoms with E-state index in [1.54, 1.807) is 6.07 Å². The molecule has 2 aromatic carbocycles. The Morgan fingerprint density at radius 3 is 2.58 bits per heavy atom. The first-order valence-electron chi connectivity index (χ1n) is 6.17. The Morgan fingerprint density at radius 1 is 1.21 bits per heavy atom. The molecule has 0 saturated carbocycles. The molecular formula is C15H16BrFN2. The van der Waals surface area contributed by atoms with Gasteiger partial charge in [-0.2, -0.15) is 0 Å². The number of hydrogen-bond donors (Lipinski definition) is 2. The van der Waals surface area contributed by atoms with E-state index in [0.29, 0.717) is 16.7 Å². The van der Waals surface area contributed by atoms with Crippen molar-refractivity contribution in [2.45, 2.75) is 19.9 Å². The summed E-state index contributed by atoms with van der Waals surface area (Å²) in [4.78, 5) is 0. The first-order valence-corrected chi connectivity index (χ1v) is 6.96. The second-order valence-electron chi connectivity index (χ2n) is 4.33. The molecule has 0 aliphatic carbocycles. The van der Waals surface area contributed by atoms with Gasteiger partial charge in [0.2, 0.25) is 0 Å². The monoisotopic (exact) mass is 322 g/mol. The van der Waals surface area contributed by atoms with Crippen LogP contribution in [0.25, 0.3) is 0 Å². The maximum Gasteiger partial charge on any atom is 0.139 e. The number of aryl methyl sites for hydroxylation is 1. The van der Waals surface area contributed by atoms with Gasteiger partial charge >= 0.3 is 0 Å². The number of hydrogen-bond acceptors (Lipinski definition) is 2. The first-order chi connectivity index (χ1) is 9.11. The van der Waals surface area contributed by atoms with Gasteiger partial charge in [-0.3, -0.25) is 0 Å². The second-order valence-corrected chi connectivity index (χ2v) is 5.18. The summed E-state index contributed by atoms with van der Waals surface area (Å²) in [6.07, 6.45) is 0.987. The van der Waals surface area contributed by atoms with Crippen LogP contribution >= 0.6 is 15.9 Å². The van der Waals surface area contributed by atoms with Gasteiger partial charge in [0.05, 0.1) is 15.8 Å². The van der Waals surface area contributed by atoms with E-state index in [4.69, 9.17) is 5.73 Å². The molecule has 0 atom stereocenters. The third-order valence-corrected chi connectivity index (χ3v) is 3.67. The summed E-state index contributed by atoms with van der Waals surface area (Å²) >= 11 is 3.16. The van der Waals surface area contributed by atoms with Gasteiger partial charge in [0.1, 0.15) is 5.82 Å². The summed E-state index contributed by atoms with van der Waals surface area (Å²) in [5.41, 5.74) is 9.48. The average Bonchev–Trinajstić information content (AvgIpc) is 2.41. The predicted octanol–water partition coefficient (Wildman–Crippen LogP) is 4.34. The lowest BCUT2D eigenvalue weighted by Gasteiger charge is -2.12. The van der Waals surface area contributed by atoms with Crippen molar-refractivity contribution in [3.63, 3.8) is 0 Å². The summed E-state index contributed by atoms with van der Waals surface area (Å²) in [6.45, 7) is 2.80. The van der Waals surface area contributed by atoms with Crippen molar-refractivity contribution in [2.24, 2.45) is 0 Å². The number of anilines is 2. The highest BCUT2D eigenvalue weighted by molar-refractivity contribution is 9.10. The molecule has 4 heteroatoms. The van der Waals surface area contributed by atoms with Crippen molar-refractivity contribution in [2.75, 3.05) is 11.1 Å². The Hall–Kier alpha value is -1.55. The largest absolute Gasteiger partial charge is 0.397 e. The van der Waals surface area contributed by atoms with Crippen molar-refractivity contribution in [1.29, 1.82) is 0 Å². The van der Waals surface area contributed by atoms with Gasteiger partial charge in [0, 0.05) is 12.6 Å². The van der Waals surface area contributed by atoms with Crippen LogP contribution in [0, 0.1) is 5.82 Å². The highest BCUT2D eigenvalue weighted by atomic mass is 79.9. The molecule has 0 aliphatic rings. The van der Waals surface area contributed by atoms with E-state index in [1.165, 1.54) is 17.2 Å². The zero-order valence-electron chi connectivity index (χ0n) is 10.7. The van der Waals surface area contributed by atoms with E-state index in [0.717, 1.165) is 12.1 Å². The number of nitrogen functional groups attached to an aromatic ring is 1. The third kappa shape index (κ3) is 3.26. The topological polar surface area (TPSA) is 38.0 Å². The maximum absolute atomic E-state index is 13.3. The molecule has 100 valence electrons. The minimum atomic E-state index is -0.350. The Kier molecular flexibility index (Phi) is 4.43. The summed E-state index contributed by atoms with van der Waals surface area (Å²) in [6, 6.07) is 11.2. The van der Waals surface area contributed by atoms with Crippen molar-refractivity contribution in [3.05, 3.63) is 57.8 Å². The molecule has 0 saturated heterocycles. The van der Waals surface area contributed by atoms with Gasteiger partial charge in [0.25, 0.3) is 0 Å². The lowest BCUT2D eigenvalue weighted by Crippen LogP contribution is -2.05. The normalized spacial score (nSPS) is 10.5. The first kappa shape index (κ1) is 13.9. The van der Waals surface area contributed by atoms with E-state index < -0.39 is 0 Å². The van der Waals surface area contributed by atoms with Crippen molar-refractivity contribution >= 4 is 27.3 Å². The zero-order chi connectivity index (χ0) is 13.8.